The van der Waals surface area contributed by atoms with E-state index < -0.39 is 8.32 Å². The van der Waals surface area contributed by atoms with Crippen LogP contribution in [0.15, 0.2) is 11.6 Å². The van der Waals surface area contributed by atoms with Crippen molar-refractivity contribution in [2.75, 3.05) is 13.7 Å². The van der Waals surface area contributed by atoms with Gasteiger partial charge in [0.15, 0.2) is 8.32 Å². The van der Waals surface area contributed by atoms with Crippen molar-refractivity contribution in [1.29, 1.82) is 0 Å². The Kier molecular flexibility index (Phi) is 6.79. The molecule has 1 unspecified atom stereocenters. The highest BCUT2D eigenvalue weighted by Gasteiger charge is 2.44. The maximum absolute atomic E-state index is 12.1. The van der Waals surface area contributed by atoms with Crippen molar-refractivity contribution in [2.45, 2.75) is 95.9 Å². The van der Waals surface area contributed by atoms with Crippen LogP contribution in [0.2, 0.25) is 18.1 Å². The first-order valence-electron chi connectivity index (χ1n) is 10.2. The summed E-state index contributed by atoms with van der Waals surface area (Å²) in [6.45, 7) is 14.3. The van der Waals surface area contributed by atoms with Crippen LogP contribution in [0, 0.1) is 5.92 Å². The van der Waals surface area contributed by atoms with Gasteiger partial charge in [0.1, 0.15) is 0 Å². The maximum atomic E-state index is 12.1. The summed E-state index contributed by atoms with van der Waals surface area (Å²) < 4.78 is 11.4. The molecule has 1 aliphatic heterocycles. The Morgan fingerprint density at radius 3 is 2.69 bits per heavy atom. The molecule has 0 saturated carbocycles. The van der Waals surface area contributed by atoms with Crippen molar-refractivity contribution < 1.29 is 14.0 Å². The maximum Gasteiger partial charge on any atom is 0.312 e. The molecule has 1 N–H and O–H groups in total. The Labute approximate surface area is 161 Å². The van der Waals surface area contributed by atoms with Crippen LogP contribution in [0.25, 0.3) is 0 Å². The molecule has 0 amide bonds. The van der Waals surface area contributed by atoms with Crippen LogP contribution in [0.1, 0.15) is 66.2 Å². The van der Waals surface area contributed by atoms with Crippen molar-refractivity contribution in [3.8, 4) is 0 Å². The van der Waals surface area contributed by atoms with E-state index in [0.717, 1.165) is 32.3 Å². The smallest absolute Gasteiger partial charge is 0.312 e. The van der Waals surface area contributed by atoms with E-state index in [4.69, 9.17) is 9.16 Å². The van der Waals surface area contributed by atoms with E-state index in [2.05, 4.69) is 45.3 Å². The molecule has 1 fully saturated rings. The number of nitrogens with one attached hydrogen (secondary N) is 1. The lowest BCUT2D eigenvalue weighted by atomic mass is 9.76. The number of piperidine rings is 1. The van der Waals surface area contributed by atoms with Crippen LogP contribution in [0.5, 0.6) is 0 Å². The standard InChI is InChI=1S/C21H39NO3Si/c1-16(19(23)24-5)18-11-9-14-21(18)13-8-10-17(22-21)12-15-25-26(6,7)20(2,3)4/h11,16-17,22H,8-10,12-15H2,1-7H3/t16-,17?,21+/m0/s1. The van der Waals surface area contributed by atoms with Crippen molar-refractivity contribution in [2.24, 2.45) is 5.92 Å². The molecule has 0 aromatic rings. The summed E-state index contributed by atoms with van der Waals surface area (Å²) in [6.07, 6.45) is 9.00. The van der Waals surface area contributed by atoms with E-state index in [1.54, 1.807) is 0 Å². The summed E-state index contributed by atoms with van der Waals surface area (Å²) in [5.74, 6) is -0.278. The number of hydrogen-bond acceptors (Lipinski definition) is 4. The van der Waals surface area contributed by atoms with Crippen LogP contribution in [0.4, 0.5) is 0 Å². The lowest BCUT2D eigenvalue weighted by molar-refractivity contribution is -0.143. The lowest BCUT2D eigenvalue weighted by Crippen LogP contribution is -2.55. The van der Waals surface area contributed by atoms with Gasteiger partial charge in [0.25, 0.3) is 0 Å². The molecular formula is C21H39NO3Si. The van der Waals surface area contributed by atoms with Crippen LogP contribution < -0.4 is 5.32 Å². The highest BCUT2D eigenvalue weighted by atomic mass is 28.4. The van der Waals surface area contributed by atoms with Gasteiger partial charge in [-0.25, -0.2) is 0 Å². The fourth-order valence-corrected chi connectivity index (χ4v) is 5.27. The average Bonchev–Trinajstić information content (AvgIpc) is 2.95. The number of methoxy groups -OCH3 is 1. The number of rotatable bonds is 6. The van der Waals surface area contributed by atoms with Crippen LogP contribution in [-0.2, 0) is 14.0 Å². The van der Waals surface area contributed by atoms with Gasteiger partial charge < -0.3 is 14.5 Å². The highest BCUT2D eigenvalue weighted by molar-refractivity contribution is 6.74. The number of hydrogen-bond donors (Lipinski definition) is 1. The zero-order valence-corrected chi connectivity index (χ0v) is 18.9. The molecule has 1 heterocycles. The van der Waals surface area contributed by atoms with Gasteiger partial charge in [0.05, 0.1) is 13.0 Å². The molecule has 26 heavy (non-hydrogen) atoms. The van der Waals surface area contributed by atoms with E-state index in [0.29, 0.717) is 6.04 Å². The first-order valence-corrected chi connectivity index (χ1v) is 13.1. The zero-order chi connectivity index (χ0) is 19.6. The summed E-state index contributed by atoms with van der Waals surface area (Å²) >= 11 is 0. The molecular weight excluding hydrogens is 342 g/mol. The topological polar surface area (TPSA) is 47.6 Å². The van der Waals surface area contributed by atoms with Crippen LogP contribution in [-0.4, -0.2) is 39.6 Å². The summed E-state index contributed by atoms with van der Waals surface area (Å²) in [4.78, 5) is 12.1. The van der Waals surface area contributed by atoms with E-state index in [1.807, 2.05) is 6.92 Å². The molecule has 4 nitrogen and oxygen atoms in total. The molecule has 1 aliphatic carbocycles. The Bertz CT molecular complexity index is 538. The minimum atomic E-state index is -1.68. The Balaban J connectivity index is 1.96. The van der Waals surface area contributed by atoms with Gasteiger partial charge >= 0.3 is 5.97 Å². The molecule has 150 valence electrons. The fourth-order valence-electron chi connectivity index (χ4n) is 4.21. The summed E-state index contributed by atoms with van der Waals surface area (Å²) in [5.41, 5.74) is 1.24. The molecule has 2 rings (SSSR count). The first kappa shape index (κ1) is 21.6. The van der Waals surface area contributed by atoms with Gasteiger partial charge in [-0.3, -0.25) is 4.79 Å². The predicted molar refractivity (Wildman–Crippen MR) is 110 cm³/mol. The third-order valence-electron chi connectivity index (χ3n) is 6.88. The number of carbonyl (C=O) groups excluding carboxylic acids is 1. The van der Waals surface area contributed by atoms with Crippen LogP contribution >= 0.6 is 0 Å². The molecule has 0 aromatic heterocycles. The summed E-state index contributed by atoms with van der Waals surface area (Å²) in [7, 11) is -0.199. The Hall–Kier alpha value is -0.653. The molecule has 1 spiro atoms. The number of allylic oxidation sites excluding steroid dienone is 1. The van der Waals surface area contributed by atoms with Crippen molar-refractivity contribution in [3.63, 3.8) is 0 Å². The van der Waals surface area contributed by atoms with Crippen molar-refractivity contribution >= 4 is 14.3 Å². The Morgan fingerprint density at radius 2 is 2.08 bits per heavy atom. The second-order valence-electron chi connectivity index (χ2n) is 9.66. The largest absolute Gasteiger partial charge is 0.469 e. The molecule has 3 atom stereocenters. The SMILES string of the molecule is COC(=O)[C@@H](C)C1=CCC[C@]12CCCC(CCO[Si](C)(C)C(C)(C)C)N2. The molecule has 0 bridgehead atoms. The molecule has 0 radical (unpaired) electrons. The van der Waals surface area contributed by atoms with E-state index in [-0.39, 0.29) is 22.5 Å². The van der Waals surface area contributed by atoms with Crippen molar-refractivity contribution in [1.82, 2.24) is 5.32 Å². The average molecular weight is 382 g/mol. The predicted octanol–water partition coefficient (Wildman–Crippen LogP) is 4.81. The molecule has 1 saturated heterocycles. The molecule has 2 aliphatic rings. The van der Waals surface area contributed by atoms with E-state index in [9.17, 15) is 4.79 Å². The number of esters is 1. The highest BCUT2D eigenvalue weighted by Crippen LogP contribution is 2.42. The normalized spacial score (nSPS) is 28.1. The second-order valence-corrected chi connectivity index (χ2v) is 14.5. The molecule has 0 aromatic carbocycles. The first-order chi connectivity index (χ1) is 12.0. The quantitative estimate of drug-likeness (QED) is 0.407. The van der Waals surface area contributed by atoms with Gasteiger partial charge in [-0.1, -0.05) is 26.8 Å². The Morgan fingerprint density at radius 1 is 1.38 bits per heavy atom. The van der Waals surface area contributed by atoms with E-state index >= 15 is 0 Å². The minimum Gasteiger partial charge on any atom is -0.469 e. The summed E-state index contributed by atoms with van der Waals surface area (Å²) in [5, 5.41) is 4.18. The second kappa shape index (κ2) is 8.15. The third kappa shape index (κ3) is 4.60. The minimum absolute atomic E-state index is 0.00645. The van der Waals surface area contributed by atoms with E-state index in [1.165, 1.54) is 25.5 Å². The number of ether oxygens (including phenoxy) is 1. The number of carbonyl (C=O) groups is 1. The fraction of sp³-hybridized carbons (Fsp3) is 0.857. The third-order valence-corrected chi connectivity index (χ3v) is 11.4. The van der Waals surface area contributed by atoms with Gasteiger partial charge in [0, 0.05) is 18.2 Å². The lowest BCUT2D eigenvalue weighted by Gasteiger charge is -2.44. The van der Waals surface area contributed by atoms with Crippen molar-refractivity contribution in [3.05, 3.63) is 11.6 Å². The molecule has 5 heteroatoms. The van der Waals surface area contributed by atoms with Crippen LogP contribution in [0.3, 0.4) is 0 Å². The summed E-state index contributed by atoms with van der Waals surface area (Å²) in [6, 6.07) is 0.472. The van der Waals surface area contributed by atoms with Gasteiger partial charge in [-0.05, 0) is 69.2 Å². The van der Waals surface area contributed by atoms with Gasteiger partial charge in [0.2, 0.25) is 0 Å². The van der Waals surface area contributed by atoms with Gasteiger partial charge in [-0.2, -0.15) is 0 Å². The monoisotopic (exact) mass is 381 g/mol. The zero-order valence-electron chi connectivity index (χ0n) is 17.9. The van der Waals surface area contributed by atoms with Gasteiger partial charge in [-0.15, -0.1) is 0 Å².